The molecule has 3 rings (SSSR count). The smallest absolute Gasteiger partial charge is 0.127 e. The molecule has 1 aliphatic heterocycles. The van der Waals surface area contributed by atoms with Gasteiger partial charge < -0.3 is 9.88 Å². The fourth-order valence-electron chi connectivity index (χ4n) is 2.64. The quantitative estimate of drug-likeness (QED) is 0.937. The number of nitrogens with one attached hydrogen (secondary N) is 1. The summed E-state index contributed by atoms with van der Waals surface area (Å²) < 4.78 is 2.17. The summed E-state index contributed by atoms with van der Waals surface area (Å²) in [5.74, 6) is 1.10. The zero-order valence-electron chi connectivity index (χ0n) is 11.7. The first-order valence-electron chi connectivity index (χ1n) is 6.83. The average molecular weight is 293 g/mol. The first-order chi connectivity index (χ1) is 9.34. The highest BCUT2D eigenvalue weighted by molar-refractivity contribution is 5.85. The van der Waals surface area contributed by atoms with Crippen LogP contribution >= 0.6 is 12.4 Å². The van der Waals surface area contributed by atoms with Gasteiger partial charge in [-0.3, -0.25) is 4.90 Å². The normalized spacial score (nSPS) is 18.2. The van der Waals surface area contributed by atoms with Crippen LogP contribution in [0.3, 0.4) is 0 Å². The van der Waals surface area contributed by atoms with Crippen molar-refractivity contribution in [2.75, 3.05) is 20.1 Å². The Morgan fingerprint density at radius 3 is 2.85 bits per heavy atom. The maximum atomic E-state index is 4.50. The number of aromatic nitrogens is 2. The number of hydrogen-bond donors (Lipinski definition) is 1. The Bertz CT molecular complexity index is 520. The molecule has 0 bridgehead atoms. The lowest BCUT2D eigenvalue weighted by Crippen LogP contribution is -2.33. The predicted molar refractivity (Wildman–Crippen MR) is 83.6 cm³/mol. The van der Waals surface area contributed by atoms with Crippen LogP contribution in [0.5, 0.6) is 0 Å². The van der Waals surface area contributed by atoms with Gasteiger partial charge in [0.15, 0.2) is 0 Å². The fourth-order valence-corrected chi connectivity index (χ4v) is 2.64. The van der Waals surface area contributed by atoms with Gasteiger partial charge in [0, 0.05) is 30.7 Å². The summed E-state index contributed by atoms with van der Waals surface area (Å²) in [6.07, 6.45) is 5.14. The lowest BCUT2D eigenvalue weighted by Gasteiger charge is -2.23. The second-order valence-corrected chi connectivity index (χ2v) is 5.11. The maximum Gasteiger partial charge on any atom is 0.127 e. The largest absolute Gasteiger partial charge is 0.315 e. The van der Waals surface area contributed by atoms with E-state index in [-0.39, 0.29) is 12.4 Å². The van der Waals surface area contributed by atoms with Gasteiger partial charge in [0.2, 0.25) is 0 Å². The molecule has 20 heavy (non-hydrogen) atoms. The standard InChI is InChI=1S/C15H20N4.ClH/c1-18(14-7-8-16-11-14)12-15-17-9-10-19(15)13-5-3-2-4-6-13;/h2-6,9-10,14,16H,7-8,11-12H2,1H3;1H. The lowest BCUT2D eigenvalue weighted by atomic mass is 10.2. The third-order valence-corrected chi connectivity index (χ3v) is 3.80. The summed E-state index contributed by atoms with van der Waals surface area (Å²) >= 11 is 0. The Kier molecular flexibility index (Phi) is 5.17. The summed E-state index contributed by atoms with van der Waals surface area (Å²) in [6, 6.07) is 11.0. The molecular weight excluding hydrogens is 272 g/mol. The van der Waals surface area contributed by atoms with Gasteiger partial charge in [0.25, 0.3) is 0 Å². The van der Waals surface area contributed by atoms with Crippen molar-refractivity contribution < 1.29 is 0 Å². The molecule has 1 aromatic heterocycles. The van der Waals surface area contributed by atoms with Gasteiger partial charge in [-0.25, -0.2) is 4.98 Å². The number of benzene rings is 1. The Morgan fingerprint density at radius 2 is 2.15 bits per heavy atom. The van der Waals surface area contributed by atoms with E-state index in [9.17, 15) is 0 Å². The van der Waals surface area contributed by atoms with Gasteiger partial charge >= 0.3 is 0 Å². The van der Waals surface area contributed by atoms with Crippen LogP contribution in [0.1, 0.15) is 12.2 Å². The van der Waals surface area contributed by atoms with Crippen LogP contribution < -0.4 is 5.32 Å². The van der Waals surface area contributed by atoms with Crippen molar-refractivity contribution in [1.29, 1.82) is 0 Å². The average Bonchev–Trinajstić information content (AvgIpc) is 3.11. The van der Waals surface area contributed by atoms with Crippen molar-refractivity contribution in [2.24, 2.45) is 0 Å². The minimum atomic E-state index is 0. The van der Waals surface area contributed by atoms with E-state index in [4.69, 9.17) is 0 Å². The molecule has 2 aromatic rings. The van der Waals surface area contributed by atoms with E-state index in [0.29, 0.717) is 6.04 Å². The van der Waals surface area contributed by atoms with Crippen LogP contribution in [0.2, 0.25) is 0 Å². The summed E-state index contributed by atoms with van der Waals surface area (Å²) in [6.45, 7) is 3.10. The van der Waals surface area contributed by atoms with E-state index < -0.39 is 0 Å². The molecule has 1 N–H and O–H groups in total. The molecule has 4 nitrogen and oxygen atoms in total. The first kappa shape index (κ1) is 15.0. The first-order valence-corrected chi connectivity index (χ1v) is 6.83. The molecule has 1 aromatic carbocycles. The zero-order valence-corrected chi connectivity index (χ0v) is 12.5. The highest BCUT2D eigenvalue weighted by Crippen LogP contribution is 2.14. The molecule has 0 amide bonds. The molecule has 5 heteroatoms. The fraction of sp³-hybridized carbons (Fsp3) is 0.400. The van der Waals surface area contributed by atoms with Crippen LogP contribution in [-0.4, -0.2) is 40.6 Å². The van der Waals surface area contributed by atoms with Crippen molar-refractivity contribution in [1.82, 2.24) is 19.8 Å². The number of likely N-dealkylation sites (N-methyl/N-ethyl adjacent to an activating group) is 1. The molecule has 0 aliphatic carbocycles. The Hall–Kier alpha value is -1.36. The second kappa shape index (κ2) is 6.88. The van der Waals surface area contributed by atoms with E-state index in [1.807, 2.05) is 18.5 Å². The van der Waals surface area contributed by atoms with Crippen molar-refractivity contribution in [3.05, 3.63) is 48.5 Å². The summed E-state index contributed by atoms with van der Waals surface area (Å²) in [5, 5.41) is 3.41. The van der Waals surface area contributed by atoms with Crippen molar-refractivity contribution >= 4 is 12.4 Å². The monoisotopic (exact) mass is 292 g/mol. The molecule has 1 unspecified atom stereocenters. The number of imidazole rings is 1. The van der Waals surface area contributed by atoms with Gasteiger partial charge in [0.1, 0.15) is 5.82 Å². The molecule has 1 aliphatic rings. The number of para-hydroxylation sites is 1. The Labute approximate surface area is 126 Å². The van der Waals surface area contributed by atoms with E-state index in [2.05, 4.69) is 51.1 Å². The van der Waals surface area contributed by atoms with Crippen molar-refractivity contribution in [3.8, 4) is 5.69 Å². The molecule has 108 valence electrons. The molecular formula is C15H21ClN4. The molecule has 1 fully saturated rings. The third-order valence-electron chi connectivity index (χ3n) is 3.80. The number of halogens is 1. The third kappa shape index (κ3) is 3.20. The maximum absolute atomic E-state index is 4.50. The molecule has 0 spiro atoms. The Balaban J connectivity index is 0.00000147. The van der Waals surface area contributed by atoms with Crippen LogP contribution in [-0.2, 0) is 6.54 Å². The van der Waals surface area contributed by atoms with Gasteiger partial charge in [-0.2, -0.15) is 0 Å². The van der Waals surface area contributed by atoms with E-state index in [1.54, 1.807) is 0 Å². The van der Waals surface area contributed by atoms with Gasteiger partial charge in [-0.1, -0.05) is 18.2 Å². The molecule has 1 saturated heterocycles. The van der Waals surface area contributed by atoms with Gasteiger partial charge in [-0.15, -0.1) is 12.4 Å². The SMILES string of the molecule is CN(Cc1nccn1-c1ccccc1)C1CCNC1.Cl. The highest BCUT2D eigenvalue weighted by Gasteiger charge is 2.20. The summed E-state index contributed by atoms with van der Waals surface area (Å²) in [4.78, 5) is 6.90. The second-order valence-electron chi connectivity index (χ2n) is 5.11. The van der Waals surface area contributed by atoms with Crippen molar-refractivity contribution in [3.63, 3.8) is 0 Å². The molecule has 1 atom stereocenters. The number of hydrogen-bond acceptors (Lipinski definition) is 3. The van der Waals surface area contributed by atoms with Crippen LogP contribution in [0.4, 0.5) is 0 Å². The molecule has 2 heterocycles. The molecule has 0 saturated carbocycles. The topological polar surface area (TPSA) is 33.1 Å². The van der Waals surface area contributed by atoms with Crippen LogP contribution in [0.25, 0.3) is 5.69 Å². The summed E-state index contributed by atoms with van der Waals surface area (Å²) in [5.41, 5.74) is 1.17. The van der Waals surface area contributed by atoms with E-state index in [1.165, 1.54) is 12.1 Å². The number of nitrogens with zero attached hydrogens (tertiary/aromatic N) is 3. The molecule has 0 radical (unpaired) electrons. The predicted octanol–water partition coefficient (Wildman–Crippen LogP) is 2.09. The minimum absolute atomic E-state index is 0. The lowest BCUT2D eigenvalue weighted by molar-refractivity contribution is 0.242. The van der Waals surface area contributed by atoms with Gasteiger partial charge in [-0.05, 0) is 32.1 Å². The summed E-state index contributed by atoms with van der Waals surface area (Å²) in [7, 11) is 2.18. The van der Waals surface area contributed by atoms with Gasteiger partial charge in [0.05, 0.1) is 6.54 Å². The van der Waals surface area contributed by atoms with Crippen LogP contribution in [0, 0.1) is 0 Å². The van der Waals surface area contributed by atoms with Crippen LogP contribution in [0.15, 0.2) is 42.7 Å². The number of rotatable bonds is 4. The minimum Gasteiger partial charge on any atom is -0.315 e. The Morgan fingerprint density at radius 1 is 1.35 bits per heavy atom. The van der Waals surface area contributed by atoms with E-state index in [0.717, 1.165) is 25.5 Å². The van der Waals surface area contributed by atoms with Crippen molar-refractivity contribution in [2.45, 2.75) is 19.0 Å². The zero-order chi connectivity index (χ0) is 13.1. The van der Waals surface area contributed by atoms with E-state index >= 15 is 0 Å². The highest BCUT2D eigenvalue weighted by atomic mass is 35.5.